The smallest absolute Gasteiger partial charge is 0.150 e. The van der Waals surface area contributed by atoms with E-state index >= 15 is 0 Å². The van der Waals surface area contributed by atoms with Crippen molar-refractivity contribution in [3.05, 3.63) is 71.8 Å². The predicted molar refractivity (Wildman–Crippen MR) is 207 cm³/mol. The maximum absolute atomic E-state index is 11.8. The summed E-state index contributed by atoms with van der Waals surface area (Å²) < 4.78 is 0. The highest BCUT2D eigenvalue weighted by Crippen LogP contribution is 2.50. The zero-order valence-electron chi connectivity index (χ0n) is 30.0. The van der Waals surface area contributed by atoms with Crippen molar-refractivity contribution in [2.75, 3.05) is 11.4 Å². The van der Waals surface area contributed by atoms with Gasteiger partial charge in [0.15, 0.2) is 0 Å². The van der Waals surface area contributed by atoms with Gasteiger partial charge in [0.1, 0.15) is 6.29 Å². The molecule has 0 N–H and O–H groups in total. The van der Waals surface area contributed by atoms with Gasteiger partial charge in [-0.05, 0) is 72.4 Å². The van der Waals surface area contributed by atoms with Crippen molar-refractivity contribution in [3.63, 3.8) is 0 Å². The van der Waals surface area contributed by atoms with Crippen molar-refractivity contribution >= 4 is 29.4 Å². The fourth-order valence-electron chi connectivity index (χ4n) is 7.16. The number of carbonyl (C=O) groups is 1. The predicted octanol–water partition coefficient (Wildman–Crippen LogP) is 14.1. The third-order valence-electron chi connectivity index (χ3n) is 10.1. The molecule has 258 valence electrons. The van der Waals surface area contributed by atoms with Crippen molar-refractivity contribution in [2.24, 2.45) is 5.92 Å². The van der Waals surface area contributed by atoms with E-state index in [-0.39, 0.29) is 0 Å². The average molecular weight is 665 g/mol. The normalized spacial score (nSPS) is 12.7. The Hall–Kier alpha value is -3.03. The molecule has 3 nitrogen and oxygen atoms in total. The van der Waals surface area contributed by atoms with Gasteiger partial charge in [0, 0.05) is 21.9 Å². The number of unbranched alkanes of at least 4 members (excludes halogenated alkanes) is 16. The second kappa shape index (κ2) is 21.8. The summed E-state index contributed by atoms with van der Waals surface area (Å²) in [6, 6.07) is 23.1. The first kappa shape index (κ1) is 37.8. The summed E-state index contributed by atoms with van der Waals surface area (Å²) in [7, 11) is 0. The third kappa shape index (κ3) is 12.1. The molecule has 0 aliphatic carbocycles. The molecule has 0 saturated heterocycles. The molecule has 48 heavy (non-hydrogen) atoms. The van der Waals surface area contributed by atoms with Gasteiger partial charge in [-0.25, -0.2) is 0 Å². The van der Waals surface area contributed by atoms with Crippen LogP contribution in [0.25, 0.3) is 11.1 Å². The van der Waals surface area contributed by atoms with Crippen LogP contribution in [-0.4, -0.2) is 12.8 Å². The molecule has 1 heterocycles. The van der Waals surface area contributed by atoms with Crippen molar-refractivity contribution in [2.45, 2.75) is 152 Å². The summed E-state index contributed by atoms with van der Waals surface area (Å²) in [6.45, 7) is 5.61. The summed E-state index contributed by atoms with van der Waals surface area (Å²) in [5.74, 6) is 0.645. The number of anilines is 2. The number of carbonyl (C=O) groups excluding carboxylic acids is 1. The van der Waals surface area contributed by atoms with Crippen LogP contribution in [0.3, 0.4) is 0 Å². The Kier molecular flexibility index (Phi) is 17.2. The minimum absolute atomic E-state index is 0.645. The highest BCUT2D eigenvalue weighted by atomic mass is 32.2. The lowest BCUT2D eigenvalue weighted by Gasteiger charge is -2.36. The molecular formula is C44H60N2OS. The van der Waals surface area contributed by atoms with Gasteiger partial charge in [-0.2, -0.15) is 5.26 Å². The zero-order valence-corrected chi connectivity index (χ0v) is 30.8. The average Bonchev–Trinajstić information content (AvgIpc) is 3.12. The monoisotopic (exact) mass is 664 g/mol. The molecule has 1 unspecified atom stereocenters. The number of nitriles is 1. The molecule has 0 radical (unpaired) electrons. The van der Waals surface area contributed by atoms with Crippen molar-refractivity contribution < 1.29 is 4.79 Å². The van der Waals surface area contributed by atoms with Crippen LogP contribution in [0.1, 0.15) is 158 Å². The van der Waals surface area contributed by atoms with E-state index in [1.165, 1.54) is 145 Å². The number of rotatable bonds is 24. The highest BCUT2D eigenvalue weighted by molar-refractivity contribution is 7.99. The number of nitrogens with zero attached hydrogens (tertiary/aromatic N) is 2. The molecule has 1 aliphatic rings. The maximum Gasteiger partial charge on any atom is 0.150 e. The molecule has 4 heteroatoms. The minimum Gasteiger partial charge on any atom is -0.339 e. The van der Waals surface area contributed by atoms with E-state index in [1.54, 1.807) is 11.8 Å². The van der Waals surface area contributed by atoms with Gasteiger partial charge in [0.25, 0.3) is 0 Å². The molecular weight excluding hydrogens is 605 g/mol. The van der Waals surface area contributed by atoms with E-state index in [4.69, 9.17) is 0 Å². The molecule has 4 rings (SSSR count). The van der Waals surface area contributed by atoms with Crippen LogP contribution in [0.5, 0.6) is 0 Å². The Morgan fingerprint density at radius 2 is 1.10 bits per heavy atom. The van der Waals surface area contributed by atoms with Crippen LogP contribution in [0, 0.1) is 17.2 Å². The second-order valence-electron chi connectivity index (χ2n) is 14.0. The Morgan fingerprint density at radius 1 is 0.625 bits per heavy atom. The second-order valence-corrected chi connectivity index (χ2v) is 15.1. The van der Waals surface area contributed by atoms with Crippen LogP contribution in [-0.2, 0) is 0 Å². The molecule has 1 aliphatic heterocycles. The minimum atomic E-state index is 0.645. The van der Waals surface area contributed by atoms with Crippen LogP contribution in [0.15, 0.2) is 70.5 Å². The first-order chi connectivity index (χ1) is 23.7. The van der Waals surface area contributed by atoms with E-state index in [1.807, 2.05) is 30.3 Å². The van der Waals surface area contributed by atoms with Gasteiger partial charge in [0.05, 0.1) is 23.0 Å². The first-order valence-corrected chi connectivity index (χ1v) is 20.2. The number of fused-ring (bicyclic) bond motifs is 2. The molecule has 0 amide bonds. The van der Waals surface area contributed by atoms with Crippen LogP contribution in [0.2, 0.25) is 0 Å². The van der Waals surface area contributed by atoms with Crippen LogP contribution >= 0.6 is 11.8 Å². The molecule has 1 atom stereocenters. The summed E-state index contributed by atoms with van der Waals surface area (Å²) >= 11 is 1.77. The summed E-state index contributed by atoms with van der Waals surface area (Å²) in [5.41, 5.74) is 6.18. The summed E-state index contributed by atoms with van der Waals surface area (Å²) in [6.07, 6.45) is 28.2. The molecule has 0 aromatic heterocycles. The Morgan fingerprint density at radius 3 is 1.62 bits per heavy atom. The Balaban J connectivity index is 1.45. The van der Waals surface area contributed by atoms with Gasteiger partial charge in [-0.15, -0.1) is 0 Å². The largest absolute Gasteiger partial charge is 0.339 e. The Bertz CT molecular complexity index is 1410. The molecule has 0 bridgehead atoms. The fraction of sp³-hybridized carbons (Fsp3) is 0.545. The van der Waals surface area contributed by atoms with Gasteiger partial charge in [-0.3, -0.25) is 4.79 Å². The highest BCUT2D eigenvalue weighted by Gasteiger charge is 2.26. The van der Waals surface area contributed by atoms with Crippen LogP contribution < -0.4 is 4.90 Å². The zero-order chi connectivity index (χ0) is 33.8. The number of aldehydes is 1. The number of hydrogen-bond donors (Lipinski definition) is 0. The van der Waals surface area contributed by atoms with Crippen molar-refractivity contribution in [1.82, 2.24) is 0 Å². The summed E-state index contributed by atoms with van der Waals surface area (Å²) in [5, 5.41) is 9.27. The van der Waals surface area contributed by atoms with Gasteiger partial charge < -0.3 is 4.90 Å². The Labute approximate surface area is 296 Å². The quantitative estimate of drug-likeness (QED) is 0.0706. The number of hydrogen-bond acceptors (Lipinski definition) is 4. The van der Waals surface area contributed by atoms with E-state index < -0.39 is 0 Å². The maximum atomic E-state index is 11.8. The van der Waals surface area contributed by atoms with E-state index in [0.717, 1.165) is 34.4 Å². The van der Waals surface area contributed by atoms with Gasteiger partial charge in [-0.1, -0.05) is 159 Å². The van der Waals surface area contributed by atoms with Gasteiger partial charge >= 0.3 is 0 Å². The molecule has 0 fully saturated rings. The lowest BCUT2D eigenvalue weighted by molar-refractivity contribution is 0.112. The fourth-order valence-corrected chi connectivity index (χ4v) is 8.35. The van der Waals surface area contributed by atoms with Crippen molar-refractivity contribution in [3.8, 4) is 17.2 Å². The number of benzene rings is 3. The molecule has 3 aromatic rings. The molecule has 0 saturated carbocycles. The van der Waals surface area contributed by atoms with E-state index in [0.29, 0.717) is 11.5 Å². The lowest BCUT2D eigenvalue weighted by Crippen LogP contribution is -2.27. The topological polar surface area (TPSA) is 44.1 Å². The third-order valence-corrected chi connectivity index (χ3v) is 11.2. The van der Waals surface area contributed by atoms with E-state index in [9.17, 15) is 10.1 Å². The van der Waals surface area contributed by atoms with Crippen molar-refractivity contribution in [1.29, 1.82) is 5.26 Å². The standard InChI is InChI=1S/C44H60N2OS/c1-3-5-7-9-11-13-14-16-18-20-22-37(21-19-17-15-12-10-8-6-4-2)34-46-41-29-25-38(35-47)31-43(41)48-44-32-40(28-30-42(44)46)39-26-23-36(33-45)24-27-39/h23-32,35,37H,3-22,34H2,1-2H3. The lowest BCUT2D eigenvalue weighted by atomic mass is 9.92. The SMILES string of the molecule is CCCCCCCCCCCCC(CCCCCCCCCC)CN1c2ccc(C=O)cc2Sc2cc(-c3ccc(C#N)cc3)ccc21. The summed E-state index contributed by atoms with van der Waals surface area (Å²) in [4.78, 5) is 16.7. The molecule has 3 aromatic carbocycles. The van der Waals surface area contributed by atoms with Crippen LogP contribution in [0.4, 0.5) is 11.4 Å². The molecule has 0 spiro atoms. The first-order valence-electron chi connectivity index (χ1n) is 19.4. The van der Waals surface area contributed by atoms with Gasteiger partial charge in [0.2, 0.25) is 0 Å². The van der Waals surface area contributed by atoms with E-state index in [2.05, 4.69) is 55.1 Å².